The summed E-state index contributed by atoms with van der Waals surface area (Å²) in [6, 6.07) is 3.44. The average Bonchev–Trinajstić information content (AvgIpc) is 2.21. The van der Waals surface area contributed by atoms with Crippen molar-refractivity contribution < 1.29 is 18.3 Å². The van der Waals surface area contributed by atoms with Crippen LogP contribution >= 0.6 is 11.6 Å². The van der Waals surface area contributed by atoms with Gasteiger partial charge in [-0.05, 0) is 19.1 Å². The van der Waals surface area contributed by atoms with Crippen LogP contribution < -0.4 is 4.74 Å². The van der Waals surface area contributed by atoms with Crippen LogP contribution in [0.25, 0.3) is 0 Å². The van der Waals surface area contributed by atoms with Gasteiger partial charge >= 0.3 is 5.92 Å². The number of benzene rings is 1. The molecule has 15 heavy (non-hydrogen) atoms. The van der Waals surface area contributed by atoms with Crippen LogP contribution in [0.15, 0.2) is 18.2 Å². The molecule has 0 aliphatic carbocycles. The zero-order valence-electron chi connectivity index (χ0n) is 7.97. The molecule has 0 fully saturated rings. The van der Waals surface area contributed by atoms with Crippen molar-refractivity contribution in [3.05, 3.63) is 28.8 Å². The lowest BCUT2D eigenvalue weighted by Gasteiger charge is -2.12. The largest absolute Gasteiger partial charge is 0.492 e. The topological polar surface area (TPSA) is 26.3 Å². The Morgan fingerprint density at radius 3 is 2.73 bits per heavy atom. The molecule has 1 rings (SSSR count). The summed E-state index contributed by atoms with van der Waals surface area (Å²) in [5, 5.41) is 0.238. The Hall–Kier alpha value is -1.16. The third-order valence-corrected chi connectivity index (χ3v) is 2.08. The van der Waals surface area contributed by atoms with Crippen molar-refractivity contribution in [2.45, 2.75) is 12.8 Å². The van der Waals surface area contributed by atoms with E-state index >= 15 is 0 Å². The number of halogens is 3. The second-order valence-corrected chi connectivity index (χ2v) is 3.23. The Labute approximate surface area is 90.8 Å². The van der Waals surface area contributed by atoms with Crippen LogP contribution in [0, 0.1) is 0 Å². The highest BCUT2D eigenvalue weighted by Gasteiger charge is 2.31. The number of hydrogen-bond donors (Lipinski definition) is 0. The molecular weight excluding hydrogens is 226 g/mol. The molecule has 0 aromatic heterocycles. The maximum absolute atomic E-state index is 13.0. The van der Waals surface area contributed by atoms with Gasteiger partial charge in [-0.1, -0.05) is 17.7 Å². The molecule has 0 aliphatic heterocycles. The van der Waals surface area contributed by atoms with Gasteiger partial charge < -0.3 is 4.74 Å². The fourth-order valence-electron chi connectivity index (χ4n) is 1.04. The second kappa shape index (κ2) is 4.57. The van der Waals surface area contributed by atoms with E-state index in [-0.39, 0.29) is 10.8 Å². The van der Waals surface area contributed by atoms with Gasteiger partial charge in [-0.3, -0.25) is 4.79 Å². The van der Waals surface area contributed by atoms with E-state index in [4.69, 9.17) is 16.3 Å². The van der Waals surface area contributed by atoms with E-state index in [0.29, 0.717) is 6.61 Å². The molecule has 0 saturated heterocycles. The van der Waals surface area contributed by atoms with E-state index in [1.807, 2.05) is 0 Å². The summed E-state index contributed by atoms with van der Waals surface area (Å²) >= 11 is 5.71. The van der Waals surface area contributed by atoms with Gasteiger partial charge in [0.15, 0.2) is 6.29 Å². The lowest BCUT2D eigenvalue weighted by Crippen LogP contribution is -2.14. The number of alkyl halides is 2. The normalized spacial score (nSPS) is 11.2. The van der Waals surface area contributed by atoms with Crippen molar-refractivity contribution in [3.8, 4) is 5.75 Å². The Morgan fingerprint density at radius 1 is 1.53 bits per heavy atom. The fourth-order valence-corrected chi connectivity index (χ4v) is 1.22. The number of aldehydes is 1. The van der Waals surface area contributed by atoms with Crippen LogP contribution in [0.4, 0.5) is 8.78 Å². The molecule has 0 atom stereocenters. The molecule has 0 unspecified atom stereocenters. The lowest BCUT2D eigenvalue weighted by atomic mass is 10.1. The monoisotopic (exact) mass is 234 g/mol. The van der Waals surface area contributed by atoms with Gasteiger partial charge in [0.1, 0.15) is 5.75 Å². The summed E-state index contributed by atoms with van der Waals surface area (Å²) in [5.41, 5.74) is -0.426. The molecular formula is C10H9ClF2O2. The highest BCUT2D eigenvalue weighted by molar-refractivity contribution is 6.32. The van der Waals surface area contributed by atoms with Crippen molar-refractivity contribution in [3.63, 3.8) is 0 Å². The molecule has 2 nitrogen and oxygen atoms in total. The van der Waals surface area contributed by atoms with Crippen LogP contribution in [0.2, 0.25) is 5.02 Å². The highest BCUT2D eigenvalue weighted by atomic mass is 35.5. The van der Waals surface area contributed by atoms with E-state index in [1.165, 1.54) is 6.07 Å². The molecule has 0 bridgehead atoms. The van der Waals surface area contributed by atoms with E-state index in [9.17, 15) is 13.6 Å². The Morgan fingerprint density at radius 2 is 2.20 bits per heavy atom. The fraction of sp³-hybridized carbons (Fsp3) is 0.300. The molecule has 82 valence electrons. The zero-order valence-corrected chi connectivity index (χ0v) is 8.72. The molecule has 0 radical (unpaired) electrons. The van der Waals surface area contributed by atoms with Crippen LogP contribution in [-0.2, 0) is 10.7 Å². The number of carbonyl (C=O) groups excluding carboxylic acids is 1. The molecule has 5 heteroatoms. The Kier molecular flexibility index (Phi) is 3.63. The average molecular weight is 235 g/mol. The number of ether oxygens (including phenoxy) is 1. The van der Waals surface area contributed by atoms with Crippen LogP contribution in [0.1, 0.15) is 12.5 Å². The SMILES string of the molecule is CCOc1cc(C(F)(F)C=O)ccc1Cl. The maximum atomic E-state index is 13.0. The summed E-state index contributed by atoms with van der Waals surface area (Å²) < 4.78 is 31.0. The summed E-state index contributed by atoms with van der Waals surface area (Å²) in [6.07, 6.45) is -0.411. The smallest absolute Gasteiger partial charge is 0.327 e. The predicted molar refractivity (Wildman–Crippen MR) is 52.6 cm³/mol. The molecule has 0 N–H and O–H groups in total. The summed E-state index contributed by atoms with van der Waals surface area (Å²) in [7, 11) is 0. The van der Waals surface area contributed by atoms with Crippen molar-refractivity contribution >= 4 is 17.9 Å². The molecule has 0 spiro atoms. The van der Waals surface area contributed by atoms with Gasteiger partial charge in [0.05, 0.1) is 11.6 Å². The molecule has 0 heterocycles. The minimum atomic E-state index is -3.50. The summed E-state index contributed by atoms with van der Waals surface area (Å²) in [5.74, 6) is -3.35. The number of rotatable bonds is 4. The van der Waals surface area contributed by atoms with Gasteiger partial charge in [-0.25, -0.2) is 0 Å². The number of carbonyl (C=O) groups is 1. The van der Waals surface area contributed by atoms with Gasteiger partial charge in [0.2, 0.25) is 0 Å². The molecule has 0 aliphatic rings. The first-order chi connectivity index (χ1) is 7.01. The molecule has 0 saturated carbocycles. The van der Waals surface area contributed by atoms with Gasteiger partial charge in [0, 0.05) is 5.56 Å². The van der Waals surface area contributed by atoms with E-state index in [0.717, 1.165) is 12.1 Å². The summed E-state index contributed by atoms with van der Waals surface area (Å²) in [6.45, 7) is 2.02. The quantitative estimate of drug-likeness (QED) is 0.749. The third kappa shape index (κ3) is 2.65. The highest BCUT2D eigenvalue weighted by Crippen LogP contribution is 2.32. The first-order valence-electron chi connectivity index (χ1n) is 4.28. The predicted octanol–water partition coefficient (Wildman–Crippen LogP) is 3.03. The molecule has 1 aromatic rings. The van der Waals surface area contributed by atoms with Crippen molar-refractivity contribution in [1.29, 1.82) is 0 Å². The molecule has 1 aromatic carbocycles. The Bertz CT molecular complexity index is 366. The van der Waals surface area contributed by atoms with Crippen LogP contribution in [-0.4, -0.2) is 12.9 Å². The van der Waals surface area contributed by atoms with Crippen LogP contribution in [0.5, 0.6) is 5.75 Å². The maximum Gasteiger partial charge on any atom is 0.327 e. The van der Waals surface area contributed by atoms with Crippen LogP contribution in [0.3, 0.4) is 0 Å². The number of hydrogen-bond acceptors (Lipinski definition) is 2. The first kappa shape index (κ1) is 11.9. The first-order valence-corrected chi connectivity index (χ1v) is 4.66. The van der Waals surface area contributed by atoms with Gasteiger partial charge in [0.25, 0.3) is 0 Å². The van der Waals surface area contributed by atoms with Crippen molar-refractivity contribution in [2.75, 3.05) is 6.61 Å². The van der Waals surface area contributed by atoms with Gasteiger partial charge in [-0.15, -0.1) is 0 Å². The van der Waals surface area contributed by atoms with Crippen molar-refractivity contribution in [1.82, 2.24) is 0 Å². The molecule has 0 amide bonds. The third-order valence-electron chi connectivity index (χ3n) is 1.76. The summed E-state index contributed by atoms with van der Waals surface area (Å²) in [4.78, 5) is 10.2. The van der Waals surface area contributed by atoms with E-state index < -0.39 is 17.8 Å². The zero-order chi connectivity index (χ0) is 11.5. The van der Waals surface area contributed by atoms with Gasteiger partial charge in [-0.2, -0.15) is 8.78 Å². The minimum absolute atomic E-state index is 0.151. The van der Waals surface area contributed by atoms with Crippen molar-refractivity contribution in [2.24, 2.45) is 0 Å². The Balaban J connectivity index is 3.12. The second-order valence-electron chi connectivity index (χ2n) is 2.82. The lowest BCUT2D eigenvalue weighted by molar-refractivity contribution is -0.130. The van der Waals surface area contributed by atoms with E-state index in [2.05, 4.69) is 0 Å². The minimum Gasteiger partial charge on any atom is -0.492 e. The van der Waals surface area contributed by atoms with E-state index in [1.54, 1.807) is 6.92 Å². The standard InChI is InChI=1S/C10H9ClF2O2/c1-2-15-9-5-7(3-4-8(9)11)10(12,13)6-14/h3-6H,2H2,1H3.